The van der Waals surface area contributed by atoms with Gasteiger partial charge in [-0.1, -0.05) is 146 Å². The van der Waals surface area contributed by atoms with Crippen molar-refractivity contribution < 1.29 is 40.9 Å². The van der Waals surface area contributed by atoms with Gasteiger partial charge in [-0.15, -0.1) is 0 Å². The molecule has 0 aromatic heterocycles. The third-order valence-corrected chi connectivity index (χ3v) is 6.05. The monoisotopic (exact) mass is 752 g/mol. The molecular formula is C48H48O8. The smallest absolute Gasteiger partial charge is 0.115 e. The first-order valence-electron chi connectivity index (χ1n) is 17.1. The van der Waals surface area contributed by atoms with E-state index < -0.39 is 0 Å². The highest BCUT2D eigenvalue weighted by atomic mass is 16.3. The molecule has 0 amide bonds. The molecule has 56 heavy (non-hydrogen) atoms. The summed E-state index contributed by atoms with van der Waals surface area (Å²) in [7, 11) is 0. The van der Waals surface area contributed by atoms with Gasteiger partial charge in [0.25, 0.3) is 0 Å². The standard InChI is InChI=1S/8C6H6O/c8*7-6-4-2-1-3-5-6/h8*1-5,7H. The van der Waals surface area contributed by atoms with Crippen LogP contribution >= 0.6 is 0 Å². The van der Waals surface area contributed by atoms with E-state index >= 15 is 0 Å². The molecule has 0 saturated heterocycles. The largest absolute Gasteiger partial charge is 0.508 e. The molecule has 8 nitrogen and oxygen atoms in total. The summed E-state index contributed by atoms with van der Waals surface area (Å²) in [6.07, 6.45) is 0. The SMILES string of the molecule is Oc1ccccc1.Oc1ccccc1.Oc1ccccc1.Oc1ccccc1.Oc1ccccc1.Oc1ccccc1.Oc1ccccc1.Oc1ccccc1. The van der Waals surface area contributed by atoms with Crippen LogP contribution in [0.1, 0.15) is 0 Å². The number of phenolic OH excluding ortho intramolecular Hbond substituents is 8. The zero-order chi connectivity index (χ0) is 40.9. The van der Waals surface area contributed by atoms with Gasteiger partial charge in [-0.2, -0.15) is 0 Å². The van der Waals surface area contributed by atoms with E-state index in [1.165, 1.54) is 0 Å². The van der Waals surface area contributed by atoms with Gasteiger partial charge in [0.15, 0.2) is 0 Å². The predicted octanol–water partition coefficient (Wildman–Crippen LogP) is 11.1. The quantitative estimate of drug-likeness (QED) is 0.0759. The highest BCUT2D eigenvalue weighted by molar-refractivity contribution is 5.22. The Bertz CT molecular complexity index is 1520. The zero-order valence-electron chi connectivity index (χ0n) is 30.7. The second kappa shape index (κ2) is 31.9. The molecule has 0 bridgehead atoms. The Morgan fingerprint density at radius 3 is 0.232 bits per heavy atom. The Morgan fingerprint density at radius 1 is 0.125 bits per heavy atom. The number of phenols is 8. The molecule has 8 heteroatoms. The molecule has 0 heterocycles. The van der Waals surface area contributed by atoms with Crippen LogP contribution in [-0.2, 0) is 0 Å². The third kappa shape index (κ3) is 29.8. The molecule has 0 spiro atoms. The summed E-state index contributed by atoms with van der Waals surface area (Å²) in [5.41, 5.74) is 0. The minimum absolute atomic E-state index is 0.322. The Hall–Kier alpha value is -7.84. The van der Waals surface area contributed by atoms with Crippen LogP contribution < -0.4 is 0 Å². The molecule has 8 aromatic rings. The molecule has 8 rings (SSSR count). The lowest BCUT2D eigenvalue weighted by atomic mass is 10.3. The number of aromatic hydroxyl groups is 8. The minimum Gasteiger partial charge on any atom is -0.508 e. The normalized spacial score (nSPS) is 8.57. The van der Waals surface area contributed by atoms with Crippen molar-refractivity contribution in [1.82, 2.24) is 0 Å². The number of hydrogen-bond acceptors (Lipinski definition) is 8. The highest BCUT2D eigenvalue weighted by Crippen LogP contribution is 2.07. The molecule has 0 aliphatic heterocycles. The summed E-state index contributed by atoms with van der Waals surface area (Å²) in [6.45, 7) is 0. The van der Waals surface area contributed by atoms with Gasteiger partial charge in [0.2, 0.25) is 0 Å². The first-order chi connectivity index (χ1) is 27.2. The maximum atomic E-state index is 8.63. The summed E-state index contributed by atoms with van der Waals surface area (Å²) in [5.74, 6) is 2.57. The Labute approximate surface area is 328 Å². The fraction of sp³-hybridized carbons (Fsp3) is 0. The molecule has 8 aromatic carbocycles. The van der Waals surface area contributed by atoms with E-state index in [4.69, 9.17) is 40.9 Å². The fourth-order valence-electron chi connectivity index (χ4n) is 3.42. The molecule has 0 aliphatic carbocycles. The van der Waals surface area contributed by atoms with E-state index in [0.29, 0.717) is 46.0 Å². The molecular weight excluding hydrogens is 705 g/mol. The molecule has 288 valence electrons. The average Bonchev–Trinajstić information content (AvgIpc) is 3.22. The van der Waals surface area contributed by atoms with Crippen molar-refractivity contribution in [2.24, 2.45) is 0 Å². The molecule has 0 saturated carbocycles. The van der Waals surface area contributed by atoms with Crippen molar-refractivity contribution in [1.29, 1.82) is 0 Å². The summed E-state index contributed by atoms with van der Waals surface area (Å²) in [4.78, 5) is 0. The zero-order valence-corrected chi connectivity index (χ0v) is 30.7. The Morgan fingerprint density at radius 2 is 0.196 bits per heavy atom. The average molecular weight is 753 g/mol. The Kier molecular flexibility index (Phi) is 26.3. The second-order valence-electron chi connectivity index (χ2n) is 10.7. The number of rotatable bonds is 0. The number of hydrogen-bond donors (Lipinski definition) is 8. The predicted molar refractivity (Wildman–Crippen MR) is 225 cm³/mol. The van der Waals surface area contributed by atoms with Gasteiger partial charge in [0, 0.05) is 0 Å². The van der Waals surface area contributed by atoms with E-state index in [1.807, 2.05) is 48.5 Å². The summed E-state index contributed by atoms with van der Waals surface area (Å²) < 4.78 is 0. The third-order valence-electron chi connectivity index (χ3n) is 6.05. The number of para-hydroxylation sites is 8. The molecule has 0 radical (unpaired) electrons. The van der Waals surface area contributed by atoms with Crippen LogP contribution in [0.4, 0.5) is 0 Å². The number of benzene rings is 8. The van der Waals surface area contributed by atoms with Gasteiger partial charge < -0.3 is 40.9 Å². The van der Waals surface area contributed by atoms with Gasteiger partial charge in [-0.05, 0) is 97.1 Å². The first kappa shape index (κ1) is 46.2. The van der Waals surface area contributed by atoms with Crippen LogP contribution in [-0.4, -0.2) is 40.9 Å². The van der Waals surface area contributed by atoms with Crippen molar-refractivity contribution in [3.05, 3.63) is 243 Å². The molecule has 0 atom stereocenters. The van der Waals surface area contributed by atoms with Gasteiger partial charge in [0.1, 0.15) is 46.0 Å². The minimum atomic E-state index is 0.322. The Balaban J connectivity index is 0.000000320. The second-order valence-corrected chi connectivity index (χ2v) is 10.7. The maximum absolute atomic E-state index is 8.63. The molecule has 0 aliphatic rings. The molecule has 0 unspecified atom stereocenters. The van der Waals surface area contributed by atoms with Crippen molar-refractivity contribution >= 4 is 0 Å². The van der Waals surface area contributed by atoms with Crippen LogP contribution in [0.2, 0.25) is 0 Å². The topological polar surface area (TPSA) is 162 Å². The van der Waals surface area contributed by atoms with Gasteiger partial charge in [0.05, 0.1) is 0 Å². The van der Waals surface area contributed by atoms with Gasteiger partial charge in [-0.25, -0.2) is 0 Å². The van der Waals surface area contributed by atoms with Crippen molar-refractivity contribution in [3.8, 4) is 46.0 Å². The van der Waals surface area contributed by atoms with E-state index in [-0.39, 0.29) is 0 Å². The molecule has 8 N–H and O–H groups in total. The lowest BCUT2D eigenvalue weighted by molar-refractivity contribution is 0.475. The summed E-state index contributed by atoms with van der Waals surface area (Å²) in [6, 6.07) is 69.7. The van der Waals surface area contributed by atoms with Crippen LogP contribution in [0, 0.1) is 0 Å². The van der Waals surface area contributed by atoms with Crippen LogP contribution in [0.5, 0.6) is 46.0 Å². The highest BCUT2D eigenvalue weighted by Gasteiger charge is 1.79. The lowest BCUT2D eigenvalue weighted by Crippen LogP contribution is -1.56. The van der Waals surface area contributed by atoms with Crippen molar-refractivity contribution in [2.45, 2.75) is 0 Å². The summed E-state index contributed by atoms with van der Waals surface area (Å²) >= 11 is 0. The van der Waals surface area contributed by atoms with Crippen LogP contribution in [0.15, 0.2) is 243 Å². The van der Waals surface area contributed by atoms with Gasteiger partial charge >= 0.3 is 0 Å². The fourth-order valence-corrected chi connectivity index (χ4v) is 3.42. The van der Waals surface area contributed by atoms with E-state index in [2.05, 4.69) is 0 Å². The first-order valence-corrected chi connectivity index (χ1v) is 17.1. The summed E-state index contributed by atoms with van der Waals surface area (Å²) in [5, 5.41) is 69.1. The van der Waals surface area contributed by atoms with E-state index in [1.54, 1.807) is 194 Å². The molecule has 0 fully saturated rings. The van der Waals surface area contributed by atoms with E-state index in [0.717, 1.165) is 0 Å². The van der Waals surface area contributed by atoms with Crippen LogP contribution in [0.25, 0.3) is 0 Å². The maximum Gasteiger partial charge on any atom is 0.115 e. The van der Waals surface area contributed by atoms with Crippen molar-refractivity contribution in [3.63, 3.8) is 0 Å². The van der Waals surface area contributed by atoms with Gasteiger partial charge in [-0.3, -0.25) is 0 Å². The van der Waals surface area contributed by atoms with E-state index in [9.17, 15) is 0 Å². The lowest BCUT2D eigenvalue weighted by Gasteiger charge is -1.82. The van der Waals surface area contributed by atoms with Crippen LogP contribution in [0.3, 0.4) is 0 Å². The van der Waals surface area contributed by atoms with Crippen molar-refractivity contribution in [2.75, 3.05) is 0 Å².